The lowest BCUT2D eigenvalue weighted by atomic mass is 10.2. The number of carbonyl (C=O) groups excluding carboxylic acids is 1. The van der Waals surface area contributed by atoms with Crippen LogP contribution in [-0.2, 0) is 26.1 Å². The Bertz CT molecular complexity index is 1050. The van der Waals surface area contributed by atoms with Gasteiger partial charge in [0.25, 0.3) is 5.91 Å². The first kappa shape index (κ1) is 23.7. The van der Waals surface area contributed by atoms with E-state index in [2.05, 4.69) is 17.0 Å². The molecule has 8 nitrogen and oxygen atoms in total. The normalized spacial score (nSPS) is 18.3. The first-order valence-corrected chi connectivity index (χ1v) is 12.7. The fourth-order valence-electron chi connectivity index (χ4n) is 4.11. The van der Waals surface area contributed by atoms with E-state index < -0.39 is 10.0 Å². The number of ether oxygens (including phenoxy) is 2. The number of aryl methyl sites for hydroxylation is 1. The molecule has 0 saturated carbocycles. The number of hydrogen-bond acceptors (Lipinski definition) is 6. The molecule has 33 heavy (non-hydrogen) atoms. The van der Waals surface area contributed by atoms with Gasteiger partial charge in [0.2, 0.25) is 10.0 Å². The summed E-state index contributed by atoms with van der Waals surface area (Å²) >= 11 is 0. The molecule has 2 aromatic carbocycles. The summed E-state index contributed by atoms with van der Waals surface area (Å²) in [5, 5.41) is 0. The van der Waals surface area contributed by atoms with E-state index in [9.17, 15) is 13.2 Å². The SMILES string of the molecule is Cc1cc(S(=O)(=O)N2CCOCC2)ccc1OCC(=O)N1CCN(Cc2ccccc2)CC1. The van der Waals surface area contributed by atoms with E-state index in [-0.39, 0.29) is 17.4 Å². The van der Waals surface area contributed by atoms with Crippen molar-refractivity contribution in [2.24, 2.45) is 0 Å². The third-order valence-corrected chi connectivity index (χ3v) is 7.97. The summed E-state index contributed by atoms with van der Waals surface area (Å²) < 4.78 is 38.1. The van der Waals surface area contributed by atoms with Gasteiger partial charge in [0.15, 0.2) is 6.61 Å². The van der Waals surface area contributed by atoms with E-state index in [4.69, 9.17) is 9.47 Å². The molecule has 2 heterocycles. The Balaban J connectivity index is 1.28. The fourth-order valence-corrected chi connectivity index (χ4v) is 5.60. The molecule has 4 rings (SSSR count). The van der Waals surface area contributed by atoms with Gasteiger partial charge < -0.3 is 14.4 Å². The van der Waals surface area contributed by atoms with Crippen LogP contribution in [0.15, 0.2) is 53.4 Å². The highest BCUT2D eigenvalue weighted by Gasteiger charge is 2.27. The minimum atomic E-state index is -3.56. The number of benzene rings is 2. The van der Waals surface area contributed by atoms with E-state index in [1.807, 2.05) is 23.1 Å². The third kappa shape index (κ3) is 5.92. The molecular weight excluding hydrogens is 442 g/mol. The number of carbonyl (C=O) groups is 1. The molecule has 178 valence electrons. The number of piperazine rings is 1. The number of rotatable bonds is 7. The summed E-state index contributed by atoms with van der Waals surface area (Å²) in [6.07, 6.45) is 0. The van der Waals surface area contributed by atoms with Gasteiger partial charge in [0.05, 0.1) is 18.1 Å². The molecule has 2 aliphatic rings. The zero-order valence-electron chi connectivity index (χ0n) is 19.0. The van der Waals surface area contributed by atoms with Gasteiger partial charge in [-0.2, -0.15) is 4.31 Å². The summed E-state index contributed by atoms with van der Waals surface area (Å²) in [7, 11) is -3.56. The Morgan fingerprint density at radius 2 is 1.67 bits per heavy atom. The minimum Gasteiger partial charge on any atom is -0.483 e. The zero-order valence-corrected chi connectivity index (χ0v) is 19.8. The Morgan fingerprint density at radius 1 is 0.970 bits per heavy atom. The van der Waals surface area contributed by atoms with Crippen LogP contribution in [0.2, 0.25) is 0 Å². The van der Waals surface area contributed by atoms with Crippen LogP contribution < -0.4 is 4.74 Å². The number of morpholine rings is 1. The van der Waals surface area contributed by atoms with Crippen molar-refractivity contribution >= 4 is 15.9 Å². The Hall–Kier alpha value is -2.46. The maximum Gasteiger partial charge on any atom is 0.260 e. The highest BCUT2D eigenvalue weighted by atomic mass is 32.2. The molecule has 2 aliphatic heterocycles. The van der Waals surface area contributed by atoms with E-state index in [1.54, 1.807) is 25.1 Å². The van der Waals surface area contributed by atoms with Gasteiger partial charge in [-0.15, -0.1) is 0 Å². The molecule has 0 atom stereocenters. The standard InChI is InChI=1S/C24H31N3O5S/c1-20-17-22(33(29,30)27-13-15-31-16-14-27)7-8-23(20)32-19-24(28)26-11-9-25(10-12-26)18-21-5-3-2-4-6-21/h2-8,17H,9-16,18-19H2,1H3. The topological polar surface area (TPSA) is 79.4 Å². The van der Waals surface area contributed by atoms with Crippen molar-refractivity contribution in [1.82, 2.24) is 14.1 Å². The molecular formula is C24H31N3O5S. The summed E-state index contributed by atoms with van der Waals surface area (Å²) in [6.45, 7) is 7.13. The van der Waals surface area contributed by atoms with E-state index in [1.165, 1.54) is 9.87 Å². The predicted octanol–water partition coefficient (Wildman–Crippen LogP) is 1.74. The lowest BCUT2D eigenvalue weighted by Gasteiger charge is -2.34. The molecule has 0 N–H and O–H groups in total. The molecule has 2 fully saturated rings. The second-order valence-electron chi connectivity index (χ2n) is 8.37. The Kier molecular flexibility index (Phi) is 7.64. The summed E-state index contributed by atoms with van der Waals surface area (Å²) in [4.78, 5) is 17.1. The molecule has 0 bridgehead atoms. The zero-order chi connectivity index (χ0) is 23.3. The van der Waals surface area contributed by atoms with Crippen LogP contribution in [0.4, 0.5) is 0 Å². The molecule has 0 unspecified atom stereocenters. The molecule has 0 aromatic heterocycles. The molecule has 2 saturated heterocycles. The van der Waals surface area contributed by atoms with Crippen LogP contribution in [0.5, 0.6) is 5.75 Å². The minimum absolute atomic E-state index is 0.0567. The van der Waals surface area contributed by atoms with Gasteiger partial charge in [-0.25, -0.2) is 8.42 Å². The largest absolute Gasteiger partial charge is 0.483 e. The summed E-state index contributed by atoms with van der Waals surface area (Å²) in [5.74, 6) is 0.464. The van der Waals surface area contributed by atoms with Crippen molar-refractivity contribution < 1.29 is 22.7 Å². The highest BCUT2D eigenvalue weighted by molar-refractivity contribution is 7.89. The van der Waals surface area contributed by atoms with Crippen LogP contribution in [-0.4, -0.2) is 87.5 Å². The van der Waals surface area contributed by atoms with Gasteiger partial charge in [-0.1, -0.05) is 30.3 Å². The van der Waals surface area contributed by atoms with Crippen LogP contribution in [0.3, 0.4) is 0 Å². The third-order valence-electron chi connectivity index (χ3n) is 6.08. The van der Waals surface area contributed by atoms with Crippen LogP contribution in [0.25, 0.3) is 0 Å². The molecule has 0 spiro atoms. The predicted molar refractivity (Wildman–Crippen MR) is 125 cm³/mol. The van der Waals surface area contributed by atoms with Crippen molar-refractivity contribution in [2.75, 3.05) is 59.1 Å². The van der Waals surface area contributed by atoms with Crippen molar-refractivity contribution in [3.63, 3.8) is 0 Å². The number of sulfonamides is 1. The smallest absolute Gasteiger partial charge is 0.260 e. The molecule has 0 radical (unpaired) electrons. The summed E-state index contributed by atoms with van der Waals surface area (Å²) in [5.41, 5.74) is 1.96. The van der Waals surface area contributed by atoms with Gasteiger partial charge in [-0.3, -0.25) is 9.69 Å². The maximum absolute atomic E-state index is 12.8. The molecule has 0 aliphatic carbocycles. The van der Waals surface area contributed by atoms with Crippen molar-refractivity contribution in [2.45, 2.75) is 18.4 Å². The van der Waals surface area contributed by atoms with Gasteiger partial charge in [0, 0.05) is 45.8 Å². The van der Waals surface area contributed by atoms with E-state index in [0.29, 0.717) is 50.7 Å². The molecule has 9 heteroatoms. The van der Waals surface area contributed by atoms with Gasteiger partial charge >= 0.3 is 0 Å². The Labute approximate surface area is 195 Å². The average molecular weight is 474 g/mol. The van der Waals surface area contributed by atoms with Crippen molar-refractivity contribution in [1.29, 1.82) is 0 Å². The van der Waals surface area contributed by atoms with E-state index in [0.717, 1.165) is 19.6 Å². The average Bonchev–Trinajstić information content (AvgIpc) is 2.84. The first-order valence-electron chi connectivity index (χ1n) is 11.3. The van der Waals surface area contributed by atoms with E-state index >= 15 is 0 Å². The first-order chi connectivity index (χ1) is 15.9. The molecule has 1 amide bonds. The maximum atomic E-state index is 12.8. The quantitative estimate of drug-likeness (QED) is 0.610. The number of nitrogens with zero attached hydrogens (tertiary/aromatic N) is 3. The van der Waals surface area contributed by atoms with Gasteiger partial charge in [-0.05, 0) is 36.2 Å². The second-order valence-corrected chi connectivity index (χ2v) is 10.3. The van der Waals surface area contributed by atoms with Crippen molar-refractivity contribution in [3.8, 4) is 5.75 Å². The number of amides is 1. The van der Waals surface area contributed by atoms with Gasteiger partial charge in [0.1, 0.15) is 5.75 Å². The van der Waals surface area contributed by atoms with Crippen LogP contribution in [0, 0.1) is 6.92 Å². The van der Waals surface area contributed by atoms with Crippen LogP contribution in [0.1, 0.15) is 11.1 Å². The lowest BCUT2D eigenvalue weighted by molar-refractivity contribution is -0.135. The highest BCUT2D eigenvalue weighted by Crippen LogP contribution is 2.24. The van der Waals surface area contributed by atoms with Crippen molar-refractivity contribution in [3.05, 3.63) is 59.7 Å². The lowest BCUT2D eigenvalue weighted by Crippen LogP contribution is -2.49. The Morgan fingerprint density at radius 3 is 2.33 bits per heavy atom. The second kappa shape index (κ2) is 10.6. The molecule has 2 aromatic rings. The fraction of sp³-hybridized carbons (Fsp3) is 0.458. The monoisotopic (exact) mass is 473 g/mol. The summed E-state index contributed by atoms with van der Waals surface area (Å²) in [6, 6.07) is 15.1. The number of hydrogen-bond donors (Lipinski definition) is 0. The van der Waals surface area contributed by atoms with Crippen LogP contribution >= 0.6 is 0 Å².